The number of carbonyl (C=O) groups is 4. The third kappa shape index (κ3) is 7.16. The Balaban J connectivity index is 1.07. The van der Waals surface area contributed by atoms with Crippen LogP contribution in [0.3, 0.4) is 0 Å². The zero-order chi connectivity index (χ0) is 41.7. The number of carbonyl (C=O) groups excluding carboxylic acids is 4. The Morgan fingerprint density at radius 2 is 1.19 bits per heavy atom. The van der Waals surface area contributed by atoms with Gasteiger partial charge in [0.1, 0.15) is 29.5 Å². The third-order valence-electron chi connectivity index (χ3n) is 11.9. The third-order valence-corrected chi connectivity index (χ3v) is 11.9. The van der Waals surface area contributed by atoms with E-state index in [0.29, 0.717) is 58.6 Å². The summed E-state index contributed by atoms with van der Waals surface area (Å²) in [7, 11) is 2.55. The standard InChI is InChI=1S/C44H49FN8O6/c1-22(2)35(50-43(56)58-5)41(54)52-19-7-9-32(52)39-46-30-17-12-25-21-24(11-13-27(25)37(30)48-39)26-14-15-29-28(34(26)45)16-18-31-38(29)49-40(47-31)33-10-8-20-53(33)42(55)36(23(3)4)51-44(57)59-6/h11-18,21-23,32-33,35-36H,7-10,19-20H2,1-6H3,(H,46,48)(H,47,49)(H,50,56)(H,51,57)/t32-,33-,35?,36-/m0/s1. The number of H-pyrrole nitrogens is 2. The summed E-state index contributed by atoms with van der Waals surface area (Å²) < 4.78 is 26.1. The number of ether oxygens (including phenoxy) is 2. The topological polar surface area (TPSA) is 175 Å². The molecule has 0 bridgehead atoms. The van der Waals surface area contributed by atoms with E-state index in [-0.39, 0.29) is 41.6 Å². The number of imidazole rings is 2. The van der Waals surface area contributed by atoms with Crippen LogP contribution in [0, 0.1) is 17.7 Å². The normalized spacial score (nSPS) is 18.1. The van der Waals surface area contributed by atoms with Gasteiger partial charge in [-0.1, -0.05) is 58.0 Å². The van der Waals surface area contributed by atoms with Crippen molar-refractivity contribution < 1.29 is 33.0 Å². The molecule has 59 heavy (non-hydrogen) atoms. The van der Waals surface area contributed by atoms with Gasteiger partial charge in [0.05, 0.1) is 48.4 Å². The smallest absolute Gasteiger partial charge is 0.407 e. The largest absolute Gasteiger partial charge is 0.453 e. The average Bonchev–Trinajstić information content (AvgIpc) is 4.06. The Bertz CT molecular complexity index is 2620. The molecule has 1 unspecified atom stereocenters. The summed E-state index contributed by atoms with van der Waals surface area (Å²) in [6.45, 7) is 8.60. The van der Waals surface area contributed by atoms with E-state index >= 15 is 4.39 Å². The van der Waals surface area contributed by atoms with Crippen molar-refractivity contribution >= 4 is 67.6 Å². The molecule has 2 aromatic heterocycles. The van der Waals surface area contributed by atoms with Gasteiger partial charge in [0, 0.05) is 34.8 Å². The van der Waals surface area contributed by atoms with E-state index in [4.69, 9.17) is 19.4 Å². The van der Waals surface area contributed by atoms with Gasteiger partial charge in [-0.05, 0) is 72.7 Å². The van der Waals surface area contributed by atoms with E-state index in [2.05, 4.69) is 20.6 Å². The van der Waals surface area contributed by atoms with Crippen LogP contribution in [0.5, 0.6) is 0 Å². The summed E-state index contributed by atoms with van der Waals surface area (Å²) in [5.74, 6) is 0.264. The van der Waals surface area contributed by atoms with Crippen LogP contribution < -0.4 is 10.6 Å². The number of aromatic amines is 2. The molecule has 2 saturated heterocycles. The molecule has 4 amide bonds. The van der Waals surface area contributed by atoms with Crippen LogP contribution in [-0.4, -0.2) is 93.1 Å². The fraction of sp³-hybridized carbons (Fsp3) is 0.409. The number of hydrogen-bond acceptors (Lipinski definition) is 8. The van der Waals surface area contributed by atoms with Gasteiger partial charge in [0.2, 0.25) is 11.8 Å². The maximum Gasteiger partial charge on any atom is 0.407 e. The number of halogens is 1. The minimum absolute atomic E-state index is 0.141. The average molecular weight is 805 g/mol. The minimum atomic E-state index is -0.749. The van der Waals surface area contributed by atoms with E-state index in [1.165, 1.54) is 14.2 Å². The van der Waals surface area contributed by atoms with E-state index < -0.39 is 24.3 Å². The lowest BCUT2D eigenvalue weighted by atomic mass is 9.97. The van der Waals surface area contributed by atoms with E-state index in [9.17, 15) is 19.2 Å². The summed E-state index contributed by atoms with van der Waals surface area (Å²) in [4.78, 5) is 71.8. The SMILES string of the molecule is COC(=O)NC(C(=O)N1CCC[C@H]1c1nc2c(ccc3cc(-c4ccc5c(ccc6[nH]c([C@@H]7CCCN7C(=O)[C@@H](NC(=O)OC)C(C)C)nc65)c4F)ccc32)[nH]1)C(C)C. The molecule has 2 aliphatic rings. The number of methoxy groups -OCH3 is 2. The molecule has 4 N–H and O–H groups in total. The molecule has 308 valence electrons. The first-order valence-corrected chi connectivity index (χ1v) is 20.2. The molecule has 4 atom stereocenters. The van der Waals surface area contributed by atoms with Gasteiger partial charge in [0.15, 0.2) is 0 Å². The lowest BCUT2D eigenvalue weighted by Gasteiger charge is -2.29. The van der Waals surface area contributed by atoms with Crippen LogP contribution >= 0.6 is 0 Å². The predicted molar refractivity (Wildman–Crippen MR) is 222 cm³/mol. The van der Waals surface area contributed by atoms with Gasteiger partial charge in [-0.2, -0.15) is 0 Å². The highest BCUT2D eigenvalue weighted by Crippen LogP contribution is 2.39. The summed E-state index contributed by atoms with van der Waals surface area (Å²) in [6.07, 6.45) is 1.72. The first-order chi connectivity index (χ1) is 28.4. The molecule has 0 spiro atoms. The van der Waals surface area contributed by atoms with Crippen molar-refractivity contribution in [2.24, 2.45) is 11.8 Å². The molecule has 0 aliphatic carbocycles. The van der Waals surface area contributed by atoms with Crippen molar-refractivity contribution in [3.63, 3.8) is 0 Å². The maximum absolute atomic E-state index is 16.6. The number of fused-ring (bicyclic) bond motifs is 6. The van der Waals surface area contributed by atoms with Crippen molar-refractivity contribution in [2.75, 3.05) is 27.3 Å². The highest BCUT2D eigenvalue weighted by atomic mass is 19.1. The molecule has 2 fully saturated rings. The predicted octanol–water partition coefficient (Wildman–Crippen LogP) is 7.64. The molecule has 0 saturated carbocycles. The van der Waals surface area contributed by atoms with Gasteiger partial charge in [-0.3, -0.25) is 9.59 Å². The molecule has 8 rings (SSSR count). The number of alkyl carbamates (subject to hydrolysis) is 2. The summed E-state index contributed by atoms with van der Waals surface area (Å²) in [5.41, 5.74) is 4.10. The number of nitrogens with one attached hydrogen (secondary N) is 4. The Hall–Kier alpha value is -6.25. The number of nitrogens with zero attached hydrogens (tertiary/aromatic N) is 4. The second kappa shape index (κ2) is 15.8. The number of benzene rings is 4. The van der Waals surface area contributed by atoms with Crippen molar-refractivity contribution in [1.29, 1.82) is 0 Å². The number of rotatable bonds is 9. The van der Waals surface area contributed by atoms with Crippen LogP contribution in [0.2, 0.25) is 0 Å². The second-order valence-corrected chi connectivity index (χ2v) is 16.2. The monoisotopic (exact) mass is 804 g/mol. The van der Waals surface area contributed by atoms with Crippen LogP contribution in [0.1, 0.15) is 77.1 Å². The Morgan fingerprint density at radius 1 is 0.695 bits per heavy atom. The quantitative estimate of drug-likeness (QED) is 0.115. The van der Waals surface area contributed by atoms with E-state index in [0.717, 1.165) is 46.6 Å². The molecule has 4 heterocycles. The Kier molecular flexibility index (Phi) is 10.6. The van der Waals surface area contributed by atoms with Crippen molar-refractivity contribution in [3.8, 4) is 11.1 Å². The Morgan fingerprint density at radius 3 is 1.71 bits per heavy atom. The van der Waals surface area contributed by atoms with Gasteiger partial charge in [-0.15, -0.1) is 0 Å². The Labute approximate surface area is 340 Å². The highest BCUT2D eigenvalue weighted by Gasteiger charge is 2.39. The lowest BCUT2D eigenvalue weighted by Crippen LogP contribution is -2.51. The zero-order valence-corrected chi connectivity index (χ0v) is 34.0. The minimum Gasteiger partial charge on any atom is -0.453 e. The van der Waals surface area contributed by atoms with Crippen LogP contribution in [0.15, 0.2) is 54.6 Å². The molecule has 14 nitrogen and oxygen atoms in total. The second-order valence-electron chi connectivity index (χ2n) is 16.2. The van der Waals surface area contributed by atoms with E-state index in [1.54, 1.807) is 21.9 Å². The van der Waals surface area contributed by atoms with Gasteiger partial charge in [0.25, 0.3) is 0 Å². The number of likely N-dealkylation sites (tertiary alicyclic amines) is 2. The van der Waals surface area contributed by atoms with Crippen LogP contribution in [0.4, 0.5) is 14.0 Å². The van der Waals surface area contributed by atoms with Gasteiger partial charge < -0.3 is 39.9 Å². The van der Waals surface area contributed by atoms with Gasteiger partial charge >= 0.3 is 12.2 Å². The molecule has 4 aromatic carbocycles. The van der Waals surface area contributed by atoms with Crippen molar-refractivity contribution in [1.82, 2.24) is 40.4 Å². The molecular weight excluding hydrogens is 756 g/mol. The van der Waals surface area contributed by atoms with E-state index in [1.807, 2.05) is 70.2 Å². The van der Waals surface area contributed by atoms with Crippen molar-refractivity contribution in [3.05, 3.63) is 72.1 Å². The first kappa shape index (κ1) is 39.6. The molecule has 0 radical (unpaired) electrons. The van der Waals surface area contributed by atoms with Crippen LogP contribution in [0.25, 0.3) is 54.7 Å². The molecule has 15 heteroatoms. The van der Waals surface area contributed by atoms with Crippen LogP contribution in [-0.2, 0) is 19.1 Å². The van der Waals surface area contributed by atoms with Gasteiger partial charge in [-0.25, -0.2) is 23.9 Å². The zero-order valence-electron chi connectivity index (χ0n) is 34.0. The number of hydrogen-bond donors (Lipinski definition) is 4. The summed E-state index contributed by atoms with van der Waals surface area (Å²) >= 11 is 0. The summed E-state index contributed by atoms with van der Waals surface area (Å²) in [5, 5.41) is 8.24. The number of amides is 4. The van der Waals surface area contributed by atoms with Crippen molar-refractivity contribution in [2.45, 2.75) is 77.5 Å². The fourth-order valence-electron chi connectivity index (χ4n) is 8.77. The molecule has 2 aliphatic heterocycles. The highest BCUT2D eigenvalue weighted by molar-refractivity contribution is 6.08. The maximum atomic E-state index is 16.6. The lowest BCUT2D eigenvalue weighted by molar-refractivity contribution is -0.136. The summed E-state index contributed by atoms with van der Waals surface area (Å²) in [6, 6.07) is 14.9. The molecule has 6 aromatic rings. The number of aromatic nitrogens is 4. The molecular formula is C44H49FN8O6. The fourth-order valence-corrected chi connectivity index (χ4v) is 8.77. The first-order valence-electron chi connectivity index (χ1n) is 20.2.